The molecule has 0 unspecified atom stereocenters. The Hall–Kier alpha value is -0.990. The molecule has 1 aromatic rings. The van der Waals surface area contributed by atoms with Crippen molar-refractivity contribution in [3.63, 3.8) is 0 Å². The highest BCUT2D eigenvalue weighted by atomic mass is 15.3. The fourth-order valence-corrected chi connectivity index (χ4v) is 1.19. The van der Waals surface area contributed by atoms with Crippen LogP contribution in [-0.4, -0.2) is 16.8 Å². The predicted molar refractivity (Wildman–Crippen MR) is 46.9 cm³/mol. The van der Waals surface area contributed by atoms with E-state index in [-0.39, 0.29) is 0 Å². The monoisotopic (exact) mass is 153 g/mol. The van der Waals surface area contributed by atoms with Crippen LogP contribution in [0.3, 0.4) is 0 Å². The molecule has 0 aromatic carbocycles. The average molecular weight is 153 g/mol. The van der Waals surface area contributed by atoms with Crippen molar-refractivity contribution in [3.05, 3.63) is 11.9 Å². The van der Waals surface area contributed by atoms with E-state index in [4.69, 9.17) is 0 Å². The summed E-state index contributed by atoms with van der Waals surface area (Å²) in [4.78, 5) is 0. The summed E-state index contributed by atoms with van der Waals surface area (Å²) in [7, 11) is 1.91. The number of anilines is 1. The van der Waals surface area contributed by atoms with Crippen molar-refractivity contribution in [3.8, 4) is 0 Å². The Kier molecular flexibility index (Phi) is 2.17. The number of nitrogens with zero attached hydrogens (tertiary/aromatic N) is 2. The first-order valence-electron chi connectivity index (χ1n) is 3.88. The highest BCUT2D eigenvalue weighted by molar-refractivity contribution is 5.44. The molecule has 0 aliphatic rings. The molecule has 1 aromatic heterocycles. The summed E-state index contributed by atoms with van der Waals surface area (Å²) >= 11 is 0. The Labute approximate surface area is 67.4 Å². The van der Waals surface area contributed by atoms with Gasteiger partial charge in [0, 0.05) is 13.1 Å². The van der Waals surface area contributed by atoms with Gasteiger partial charge in [0.15, 0.2) is 0 Å². The first-order valence-corrected chi connectivity index (χ1v) is 3.88. The van der Waals surface area contributed by atoms with E-state index in [0.29, 0.717) is 6.04 Å². The molecule has 1 rings (SSSR count). The van der Waals surface area contributed by atoms with Gasteiger partial charge in [-0.3, -0.25) is 4.68 Å². The highest BCUT2D eigenvalue weighted by Crippen LogP contribution is 2.16. The van der Waals surface area contributed by atoms with Crippen molar-refractivity contribution in [2.45, 2.75) is 26.8 Å². The molecule has 0 aliphatic heterocycles. The van der Waals surface area contributed by atoms with E-state index >= 15 is 0 Å². The van der Waals surface area contributed by atoms with Gasteiger partial charge in [-0.05, 0) is 20.8 Å². The van der Waals surface area contributed by atoms with Crippen molar-refractivity contribution in [2.75, 3.05) is 12.4 Å². The minimum atomic E-state index is 0.442. The van der Waals surface area contributed by atoms with E-state index in [1.165, 1.54) is 5.69 Å². The van der Waals surface area contributed by atoms with E-state index in [9.17, 15) is 0 Å². The van der Waals surface area contributed by atoms with Gasteiger partial charge in [0.05, 0.1) is 17.6 Å². The lowest BCUT2D eigenvalue weighted by molar-refractivity contribution is 0.519. The second kappa shape index (κ2) is 2.95. The zero-order valence-electron chi connectivity index (χ0n) is 7.55. The highest BCUT2D eigenvalue weighted by Gasteiger charge is 2.05. The molecule has 0 atom stereocenters. The quantitative estimate of drug-likeness (QED) is 0.702. The number of rotatable bonds is 2. The van der Waals surface area contributed by atoms with Crippen molar-refractivity contribution in [2.24, 2.45) is 0 Å². The molecule has 62 valence electrons. The molecular formula is C8H15N3. The molecule has 0 radical (unpaired) electrons. The molecule has 11 heavy (non-hydrogen) atoms. The zero-order valence-corrected chi connectivity index (χ0v) is 7.55. The number of hydrogen-bond acceptors (Lipinski definition) is 2. The summed E-state index contributed by atoms with van der Waals surface area (Å²) in [5.74, 6) is 0. The number of aromatic nitrogens is 2. The molecule has 0 amide bonds. The van der Waals surface area contributed by atoms with Crippen molar-refractivity contribution in [1.29, 1.82) is 0 Å². The van der Waals surface area contributed by atoms with Crippen LogP contribution in [0.1, 0.15) is 25.6 Å². The number of nitrogens with one attached hydrogen (secondary N) is 1. The fourth-order valence-electron chi connectivity index (χ4n) is 1.19. The Morgan fingerprint density at radius 3 is 2.45 bits per heavy atom. The third-order valence-electron chi connectivity index (χ3n) is 1.80. The van der Waals surface area contributed by atoms with E-state index in [2.05, 4.69) is 31.2 Å². The maximum atomic E-state index is 4.24. The summed E-state index contributed by atoms with van der Waals surface area (Å²) in [6.45, 7) is 6.32. The van der Waals surface area contributed by atoms with Gasteiger partial charge in [-0.15, -0.1) is 0 Å². The summed E-state index contributed by atoms with van der Waals surface area (Å²) in [6.07, 6.45) is 1.86. The average Bonchev–Trinajstić information content (AvgIpc) is 2.30. The zero-order chi connectivity index (χ0) is 8.43. The molecule has 0 saturated heterocycles. The Morgan fingerprint density at radius 1 is 1.55 bits per heavy atom. The number of hydrogen-bond donors (Lipinski definition) is 1. The largest absolute Gasteiger partial charge is 0.385 e. The van der Waals surface area contributed by atoms with Crippen LogP contribution in [0.15, 0.2) is 6.20 Å². The molecule has 0 aliphatic carbocycles. The van der Waals surface area contributed by atoms with Crippen LogP contribution < -0.4 is 5.32 Å². The van der Waals surface area contributed by atoms with E-state index in [0.717, 1.165) is 5.69 Å². The summed E-state index contributed by atoms with van der Waals surface area (Å²) in [6, 6.07) is 0.442. The summed E-state index contributed by atoms with van der Waals surface area (Å²) < 4.78 is 2.01. The first kappa shape index (κ1) is 8.11. The minimum absolute atomic E-state index is 0.442. The maximum absolute atomic E-state index is 4.24. The van der Waals surface area contributed by atoms with Crippen molar-refractivity contribution in [1.82, 2.24) is 9.78 Å². The van der Waals surface area contributed by atoms with Crippen molar-refractivity contribution >= 4 is 5.69 Å². The minimum Gasteiger partial charge on any atom is -0.385 e. The van der Waals surface area contributed by atoms with Gasteiger partial charge in [0.1, 0.15) is 0 Å². The molecule has 0 saturated carbocycles. The Balaban J connectivity index is 3.00. The fraction of sp³-hybridized carbons (Fsp3) is 0.625. The topological polar surface area (TPSA) is 29.9 Å². The van der Waals surface area contributed by atoms with E-state index in [1.54, 1.807) is 0 Å². The lowest BCUT2D eigenvalue weighted by Crippen LogP contribution is -2.04. The summed E-state index contributed by atoms with van der Waals surface area (Å²) in [5.41, 5.74) is 2.31. The normalized spacial score (nSPS) is 10.6. The molecule has 3 heteroatoms. The lowest BCUT2D eigenvalue weighted by atomic mass is 10.3. The molecule has 1 N–H and O–H groups in total. The predicted octanol–water partition coefficient (Wildman–Crippen LogP) is 1.81. The smallest absolute Gasteiger partial charge is 0.0753 e. The SMILES string of the molecule is CNc1cnn(C(C)C)c1C. The third kappa shape index (κ3) is 1.37. The van der Waals surface area contributed by atoms with Crippen LogP contribution in [0.4, 0.5) is 5.69 Å². The summed E-state index contributed by atoms with van der Waals surface area (Å²) in [5, 5.41) is 7.33. The molecule has 0 bridgehead atoms. The molecule has 0 fully saturated rings. The maximum Gasteiger partial charge on any atom is 0.0753 e. The van der Waals surface area contributed by atoms with Crippen LogP contribution in [0.5, 0.6) is 0 Å². The van der Waals surface area contributed by atoms with Gasteiger partial charge < -0.3 is 5.32 Å². The Bertz CT molecular complexity index is 237. The van der Waals surface area contributed by atoms with Gasteiger partial charge in [0.2, 0.25) is 0 Å². The van der Waals surface area contributed by atoms with Gasteiger partial charge in [-0.1, -0.05) is 0 Å². The molecule has 1 heterocycles. The van der Waals surface area contributed by atoms with Crippen LogP contribution in [0, 0.1) is 6.92 Å². The lowest BCUT2D eigenvalue weighted by Gasteiger charge is -2.08. The van der Waals surface area contributed by atoms with E-state index in [1.807, 2.05) is 17.9 Å². The molecule has 3 nitrogen and oxygen atoms in total. The van der Waals surface area contributed by atoms with Gasteiger partial charge in [-0.25, -0.2) is 0 Å². The molecule has 0 spiro atoms. The van der Waals surface area contributed by atoms with Crippen LogP contribution >= 0.6 is 0 Å². The van der Waals surface area contributed by atoms with Gasteiger partial charge in [0.25, 0.3) is 0 Å². The third-order valence-corrected chi connectivity index (χ3v) is 1.80. The van der Waals surface area contributed by atoms with Crippen LogP contribution in [0.2, 0.25) is 0 Å². The van der Waals surface area contributed by atoms with Crippen molar-refractivity contribution < 1.29 is 0 Å². The van der Waals surface area contributed by atoms with Gasteiger partial charge in [-0.2, -0.15) is 5.10 Å². The second-order valence-corrected chi connectivity index (χ2v) is 2.93. The van der Waals surface area contributed by atoms with Gasteiger partial charge >= 0.3 is 0 Å². The molecular weight excluding hydrogens is 138 g/mol. The van der Waals surface area contributed by atoms with E-state index < -0.39 is 0 Å². The van der Waals surface area contributed by atoms with Crippen LogP contribution in [-0.2, 0) is 0 Å². The Morgan fingerprint density at radius 2 is 2.18 bits per heavy atom. The second-order valence-electron chi connectivity index (χ2n) is 2.93. The standard InChI is InChI=1S/C8H15N3/c1-6(2)11-7(3)8(9-4)5-10-11/h5-6,9H,1-4H3. The first-order chi connectivity index (χ1) is 5.16. The van der Waals surface area contributed by atoms with Crippen LogP contribution in [0.25, 0.3) is 0 Å².